The van der Waals surface area contributed by atoms with Gasteiger partial charge in [0, 0.05) is 50.6 Å². The minimum absolute atomic E-state index is 0.0320. The minimum atomic E-state index is 0.0320. The van der Waals surface area contributed by atoms with Crippen LogP contribution >= 0.6 is 0 Å². The highest BCUT2D eigenvalue weighted by atomic mass is 15.2. The minimum Gasteiger partial charge on any atom is -0.311 e. The van der Waals surface area contributed by atoms with Crippen molar-refractivity contribution >= 4 is 79.0 Å². The van der Waals surface area contributed by atoms with Gasteiger partial charge in [-0.05, 0) is 134 Å². The third-order valence-corrected chi connectivity index (χ3v) is 12.9. The molecule has 8 aromatic carbocycles. The van der Waals surface area contributed by atoms with Gasteiger partial charge < -0.3 is 14.4 Å². The number of benzene rings is 8. The molecule has 2 aliphatic rings. The molecule has 0 amide bonds. The van der Waals surface area contributed by atoms with E-state index in [4.69, 9.17) is 0 Å². The normalized spacial score (nSPS) is 13.4. The Hall–Kier alpha value is -6.78. The number of aromatic nitrogens is 1. The van der Waals surface area contributed by atoms with Crippen LogP contribution in [-0.4, -0.2) is 11.3 Å². The average Bonchev–Trinajstić information content (AvgIpc) is 3.59. The van der Waals surface area contributed by atoms with E-state index in [0.29, 0.717) is 0 Å². The van der Waals surface area contributed by atoms with E-state index in [1.165, 1.54) is 83.2 Å². The summed E-state index contributed by atoms with van der Waals surface area (Å²) in [4.78, 5) is 4.94. The summed E-state index contributed by atoms with van der Waals surface area (Å²) < 4.78 is 2.46. The molecule has 3 heterocycles. The highest BCUT2D eigenvalue weighted by Gasteiger charge is 2.44. The van der Waals surface area contributed by atoms with Crippen molar-refractivity contribution in [1.82, 2.24) is 4.57 Å². The molecular weight excluding hydrogens is 725 g/mol. The van der Waals surface area contributed by atoms with Gasteiger partial charge in [-0.2, -0.15) is 0 Å². The van der Waals surface area contributed by atoms with Crippen LogP contribution in [0.4, 0.5) is 34.1 Å². The van der Waals surface area contributed by atoms with Gasteiger partial charge >= 0.3 is 0 Å². The van der Waals surface area contributed by atoms with Crippen molar-refractivity contribution in [2.75, 3.05) is 9.80 Å². The molecule has 0 radical (unpaired) electrons. The molecular formula is C56H48BN3. The fourth-order valence-electron chi connectivity index (χ4n) is 9.92. The number of rotatable bonds is 4. The lowest BCUT2D eigenvalue weighted by atomic mass is 9.32. The summed E-state index contributed by atoms with van der Waals surface area (Å²) in [7, 11) is 0. The lowest BCUT2D eigenvalue weighted by Gasteiger charge is -2.44. The summed E-state index contributed by atoms with van der Waals surface area (Å²) in [6.07, 6.45) is 0. The second-order valence-corrected chi connectivity index (χ2v) is 18.6. The predicted octanol–water partition coefficient (Wildman–Crippen LogP) is 13.1. The molecule has 0 aliphatic carbocycles. The van der Waals surface area contributed by atoms with Gasteiger partial charge in [-0.3, -0.25) is 0 Å². The molecule has 4 heteroatoms. The van der Waals surface area contributed by atoms with E-state index in [-0.39, 0.29) is 17.5 Å². The Bertz CT molecular complexity index is 3030. The molecule has 60 heavy (non-hydrogen) atoms. The van der Waals surface area contributed by atoms with E-state index in [1.54, 1.807) is 0 Å². The van der Waals surface area contributed by atoms with Crippen molar-refractivity contribution in [3.63, 3.8) is 0 Å². The quantitative estimate of drug-likeness (QED) is 0.165. The first-order valence-corrected chi connectivity index (χ1v) is 21.3. The number of hydrogen-bond donors (Lipinski definition) is 0. The predicted molar refractivity (Wildman–Crippen MR) is 258 cm³/mol. The van der Waals surface area contributed by atoms with Crippen LogP contribution in [0.25, 0.3) is 38.6 Å². The number of fused-ring (bicyclic) bond motifs is 7. The standard InChI is InChI=1S/C56H48BN3/c1-55(2,3)38-29-33-47-44(35-38)45-36-39(56(4,5)6)30-34-48(45)58(47)42-31-27-37(28-32-42)43-21-15-24-50-53(43)57-46-22-13-14-23-49(46)59(40-17-9-7-10-18-40)51-25-16-26-52(54(51)57)60(50)41-19-11-8-12-20-41/h7-36H,1-6H3. The Labute approximate surface area is 354 Å². The first-order valence-electron chi connectivity index (χ1n) is 21.3. The monoisotopic (exact) mass is 773 g/mol. The molecule has 0 fully saturated rings. The van der Waals surface area contributed by atoms with Crippen LogP contribution in [-0.2, 0) is 10.8 Å². The molecule has 0 saturated heterocycles. The second-order valence-electron chi connectivity index (χ2n) is 18.6. The Morgan fingerprint density at radius 3 is 1.40 bits per heavy atom. The molecule has 0 bridgehead atoms. The molecule has 9 aromatic rings. The molecule has 0 saturated carbocycles. The summed E-state index contributed by atoms with van der Waals surface area (Å²) in [6.45, 7) is 13.9. The maximum absolute atomic E-state index is 2.48. The van der Waals surface area contributed by atoms with Crippen molar-refractivity contribution < 1.29 is 0 Å². The number of nitrogens with zero attached hydrogens (tertiary/aromatic N) is 3. The zero-order valence-electron chi connectivity index (χ0n) is 35.2. The van der Waals surface area contributed by atoms with Gasteiger partial charge in [0.15, 0.2) is 0 Å². The van der Waals surface area contributed by atoms with E-state index in [1.807, 2.05) is 0 Å². The molecule has 3 nitrogen and oxygen atoms in total. The topological polar surface area (TPSA) is 11.4 Å². The summed E-state index contributed by atoms with van der Waals surface area (Å²) in [5, 5.41) is 2.61. The number of para-hydroxylation sites is 3. The van der Waals surface area contributed by atoms with E-state index in [9.17, 15) is 0 Å². The Kier molecular flexibility index (Phi) is 8.09. The summed E-state index contributed by atoms with van der Waals surface area (Å²) >= 11 is 0. The van der Waals surface area contributed by atoms with Gasteiger partial charge in [0.25, 0.3) is 6.71 Å². The van der Waals surface area contributed by atoms with Crippen molar-refractivity contribution in [1.29, 1.82) is 0 Å². The fourth-order valence-corrected chi connectivity index (χ4v) is 9.92. The maximum atomic E-state index is 2.48. The maximum Gasteiger partial charge on any atom is 0.252 e. The zero-order valence-corrected chi connectivity index (χ0v) is 35.2. The molecule has 0 unspecified atom stereocenters. The lowest BCUT2D eigenvalue weighted by molar-refractivity contribution is 0.590. The van der Waals surface area contributed by atoms with Gasteiger partial charge in [0.1, 0.15) is 0 Å². The molecule has 0 atom stereocenters. The van der Waals surface area contributed by atoms with Crippen molar-refractivity contribution in [2.45, 2.75) is 52.4 Å². The SMILES string of the molecule is CC(C)(C)c1ccc2c(c1)c1cc(C(C)(C)C)ccc1n2-c1ccc(-c2cccc3c2B2c4ccccc4N(c4ccccc4)c4cccc(c42)N3c2ccccc2)cc1. The second kappa shape index (κ2) is 13.4. The third-order valence-electron chi connectivity index (χ3n) is 12.9. The highest BCUT2D eigenvalue weighted by molar-refractivity contribution is 7.01. The Balaban J connectivity index is 1.12. The highest BCUT2D eigenvalue weighted by Crippen LogP contribution is 2.45. The van der Waals surface area contributed by atoms with Crippen LogP contribution in [0.3, 0.4) is 0 Å². The number of hydrogen-bond acceptors (Lipinski definition) is 2. The molecule has 2 aliphatic heterocycles. The summed E-state index contributed by atoms with van der Waals surface area (Å²) in [6, 6.07) is 67.9. The lowest BCUT2D eigenvalue weighted by Crippen LogP contribution is -2.61. The van der Waals surface area contributed by atoms with Gasteiger partial charge in [0.05, 0.1) is 11.0 Å². The molecule has 11 rings (SSSR count). The van der Waals surface area contributed by atoms with Gasteiger partial charge in [0.2, 0.25) is 0 Å². The third kappa shape index (κ3) is 5.58. The average molecular weight is 774 g/mol. The first-order chi connectivity index (χ1) is 29.1. The van der Waals surface area contributed by atoms with Crippen LogP contribution in [0.15, 0.2) is 182 Å². The molecule has 290 valence electrons. The largest absolute Gasteiger partial charge is 0.311 e. The first kappa shape index (κ1) is 36.3. The van der Waals surface area contributed by atoms with E-state index >= 15 is 0 Å². The Morgan fingerprint density at radius 1 is 0.383 bits per heavy atom. The van der Waals surface area contributed by atoms with E-state index < -0.39 is 0 Å². The van der Waals surface area contributed by atoms with Crippen molar-refractivity contribution in [2.24, 2.45) is 0 Å². The van der Waals surface area contributed by atoms with E-state index in [2.05, 4.69) is 238 Å². The summed E-state index contributed by atoms with van der Waals surface area (Å²) in [5.74, 6) is 0. The van der Waals surface area contributed by atoms with Crippen molar-refractivity contribution in [3.8, 4) is 16.8 Å². The molecule has 0 N–H and O–H groups in total. The zero-order chi connectivity index (χ0) is 40.9. The smallest absolute Gasteiger partial charge is 0.252 e. The van der Waals surface area contributed by atoms with Crippen LogP contribution in [0.2, 0.25) is 0 Å². The fraction of sp³-hybridized carbons (Fsp3) is 0.143. The number of anilines is 6. The van der Waals surface area contributed by atoms with Gasteiger partial charge in [-0.1, -0.05) is 139 Å². The van der Waals surface area contributed by atoms with Gasteiger partial charge in [-0.15, -0.1) is 0 Å². The van der Waals surface area contributed by atoms with Crippen LogP contribution in [0.5, 0.6) is 0 Å². The molecule has 0 spiro atoms. The van der Waals surface area contributed by atoms with E-state index in [0.717, 1.165) is 17.1 Å². The van der Waals surface area contributed by atoms with Crippen molar-refractivity contribution in [3.05, 3.63) is 193 Å². The van der Waals surface area contributed by atoms with Crippen LogP contribution in [0.1, 0.15) is 52.7 Å². The molecule has 1 aromatic heterocycles. The van der Waals surface area contributed by atoms with Crippen LogP contribution in [0, 0.1) is 0 Å². The summed E-state index contributed by atoms with van der Waals surface area (Å²) in [5.41, 5.74) is 20.0. The van der Waals surface area contributed by atoms with Crippen LogP contribution < -0.4 is 26.2 Å². The van der Waals surface area contributed by atoms with Gasteiger partial charge in [-0.25, -0.2) is 0 Å². The Morgan fingerprint density at radius 2 is 0.850 bits per heavy atom.